The normalized spacial score (nSPS) is 17.2. The van der Waals surface area contributed by atoms with Crippen LogP contribution in [0.25, 0.3) is 0 Å². The van der Waals surface area contributed by atoms with Gasteiger partial charge in [0.1, 0.15) is 0 Å². The minimum absolute atomic E-state index is 0.243. The molecule has 0 saturated carbocycles. The van der Waals surface area contributed by atoms with E-state index in [0.717, 1.165) is 32.4 Å². The number of nitrogens with zero attached hydrogens (tertiary/aromatic N) is 1. The second-order valence-corrected chi connectivity index (χ2v) is 4.76. The molecule has 1 aliphatic heterocycles. The number of rotatable bonds is 4. The zero-order valence-corrected chi connectivity index (χ0v) is 10.8. The van der Waals surface area contributed by atoms with Gasteiger partial charge in [-0.25, -0.2) is 0 Å². The molecule has 0 bridgehead atoms. The van der Waals surface area contributed by atoms with E-state index < -0.39 is 0 Å². The zero-order chi connectivity index (χ0) is 12.2. The van der Waals surface area contributed by atoms with Gasteiger partial charge in [-0.3, -0.25) is 4.79 Å². The lowest BCUT2D eigenvalue weighted by atomic mass is 9.80. The van der Waals surface area contributed by atoms with E-state index in [1.807, 2.05) is 4.90 Å². The highest BCUT2D eigenvalue weighted by Crippen LogP contribution is 2.29. The third-order valence-electron chi connectivity index (χ3n) is 3.82. The quantitative estimate of drug-likeness (QED) is 0.742. The zero-order valence-electron chi connectivity index (χ0n) is 10.8. The van der Waals surface area contributed by atoms with Crippen LogP contribution >= 0.6 is 0 Å². The Labute approximate surface area is 98.7 Å². The number of amides is 1. The molecule has 0 spiro atoms. The van der Waals surface area contributed by atoms with Crippen LogP contribution in [0.5, 0.6) is 0 Å². The van der Waals surface area contributed by atoms with Crippen molar-refractivity contribution in [1.82, 2.24) is 4.90 Å². The maximum Gasteiger partial charge on any atom is 0.230 e. The Morgan fingerprint density at radius 3 is 2.56 bits per heavy atom. The van der Waals surface area contributed by atoms with E-state index in [9.17, 15) is 4.79 Å². The van der Waals surface area contributed by atoms with Gasteiger partial charge < -0.3 is 10.6 Å². The molecule has 0 fully saturated rings. The van der Waals surface area contributed by atoms with E-state index in [1.54, 1.807) is 0 Å². The molecule has 1 aliphatic rings. The van der Waals surface area contributed by atoms with E-state index in [-0.39, 0.29) is 11.3 Å². The molecule has 0 saturated heterocycles. The van der Waals surface area contributed by atoms with Crippen molar-refractivity contribution >= 4 is 5.91 Å². The predicted molar refractivity (Wildman–Crippen MR) is 67.0 cm³/mol. The van der Waals surface area contributed by atoms with Gasteiger partial charge in [-0.1, -0.05) is 25.5 Å². The fraction of sp³-hybridized carbons (Fsp3) is 0.769. The summed E-state index contributed by atoms with van der Waals surface area (Å²) in [6, 6.07) is 0. The van der Waals surface area contributed by atoms with Crippen LogP contribution < -0.4 is 5.73 Å². The van der Waals surface area contributed by atoms with E-state index >= 15 is 0 Å². The first kappa shape index (κ1) is 13.2. The third kappa shape index (κ3) is 2.46. The molecule has 0 aliphatic carbocycles. The van der Waals surface area contributed by atoms with Crippen molar-refractivity contribution in [3.05, 3.63) is 11.6 Å². The lowest BCUT2D eigenvalue weighted by molar-refractivity contribution is -0.142. The van der Waals surface area contributed by atoms with Gasteiger partial charge in [-0.15, -0.1) is 0 Å². The van der Waals surface area contributed by atoms with Crippen molar-refractivity contribution < 1.29 is 4.79 Å². The van der Waals surface area contributed by atoms with Gasteiger partial charge in [0, 0.05) is 19.6 Å². The highest BCUT2D eigenvalue weighted by Gasteiger charge is 2.37. The Balaban J connectivity index is 2.79. The molecule has 16 heavy (non-hydrogen) atoms. The van der Waals surface area contributed by atoms with Crippen LogP contribution in [-0.4, -0.2) is 30.4 Å². The first-order valence-electron chi connectivity index (χ1n) is 6.24. The SMILES string of the molecule is CCC(CC)(CN)C(=O)N1CCC=C(C)C1. The maximum atomic E-state index is 12.5. The molecule has 0 radical (unpaired) electrons. The van der Waals surface area contributed by atoms with Crippen molar-refractivity contribution in [3.63, 3.8) is 0 Å². The minimum atomic E-state index is -0.336. The van der Waals surface area contributed by atoms with Crippen LogP contribution in [0.15, 0.2) is 11.6 Å². The van der Waals surface area contributed by atoms with E-state index in [1.165, 1.54) is 5.57 Å². The summed E-state index contributed by atoms with van der Waals surface area (Å²) < 4.78 is 0. The largest absolute Gasteiger partial charge is 0.338 e. The molecule has 2 N–H and O–H groups in total. The Morgan fingerprint density at radius 1 is 1.50 bits per heavy atom. The summed E-state index contributed by atoms with van der Waals surface area (Å²) in [5.74, 6) is 0.243. The van der Waals surface area contributed by atoms with Gasteiger partial charge in [-0.05, 0) is 26.2 Å². The van der Waals surface area contributed by atoms with E-state index in [0.29, 0.717) is 6.54 Å². The van der Waals surface area contributed by atoms with Crippen LogP contribution in [0, 0.1) is 5.41 Å². The van der Waals surface area contributed by atoms with Gasteiger partial charge in [0.05, 0.1) is 5.41 Å². The predicted octanol–water partition coefficient (Wildman–Crippen LogP) is 1.93. The summed E-state index contributed by atoms with van der Waals surface area (Å²) in [5.41, 5.74) is 6.76. The Bertz CT molecular complexity index is 271. The highest BCUT2D eigenvalue weighted by atomic mass is 16.2. The van der Waals surface area contributed by atoms with Crippen LogP contribution in [0.1, 0.15) is 40.0 Å². The standard InChI is InChI=1S/C13H24N2O/c1-4-13(5-2,10-14)12(16)15-8-6-7-11(3)9-15/h7H,4-6,8-10,14H2,1-3H3. The second kappa shape index (κ2) is 5.48. The molecule has 92 valence electrons. The molecular formula is C13H24N2O. The van der Waals surface area contributed by atoms with Gasteiger partial charge in [0.2, 0.25) is 5.91 Å². The van der Waals surface area contributed by atoms with Crippen molar-refractivity contribution in [3.8, 4) is 0 Å². The summed E-state index contributed by atoms with van der Waals surface area (Å²) in [5, 5.41) is 0. The molecular weight excluding hydrogens is 200 g/mol. The van der Waals surface area contributed by atoms with Crippen molar-refractivity contribution in [2.45, 2.75) is 40.0 Å². The van der Waals surface area contributed by atoms with Crippen molar-refractivity contribution in [2.24, 2.45) is 11.1 Å². The van der Waals surface area contributed by atoms with E-state index in [4.69, 9.17) is 5.73 Å². The van der Waals surface area contributed by atoms with Crippen molar-refractivity contribution in [2.75, 3.05) is 19.6 Å². The molecule has 1 heterocycles. The number of carbonyl (C=O) groups excluding carboxylic acids is 1. The summed E-state index contributed by atoms with van der Waals surface area (Å²) >= 11 is 0. The summed E-state index contributed by atoms with van der Waals surface area (Å²) in [4.78, 5) is 14.4. The van der Waals surface area contributed by atoms with Gasteiger partial charge in [-0.2, -0.15) is 0 Å². The molecule has 0 aromatic carbocycles. The molecule has 0 atom stereocenters. The average molecular weight is 224 g/mol. The Morgan fingerprint density at radius 2 is 2.12 bits per heavy atom. The third-order valence-corrected chi connectivity index (χ3v) is 3.82. The fourth-order valence-electron chi connectivity index (χ4n) is 2.35. The smallest absolute Gasteiger partial charge is 0.230 e. The number of hydrogen-bond acceptors (Lipinski definition) is 2. The van der Waals surface area contributed by atoms with Gasteiger partial charge in [0.25, 0.3) is 0 Å². The number of hydrogen-bond donors (Lipinski definition) is 1. The van der Waals surface area contributed by atoms with Gasteiger partial charge in [0.15, 0.2) is 0 Å². The summed E-state index contributed by atoms with van der Waals surface area (Å²) in [7, 11) is 0. The van der Waals surface area contributed by atoms with Crippen LogP contribution in [0.4, 0.5) is 0 Å². The lowest BCUT2D eigenvalue weighted by Crippen LogP contribution is -2.49. The Kier molecular flexibility index (Phi) is 4.54. The number of carbonyl (C=O) groups is 1. The van der Waals surface area contributed by atoms with Crippen molar-refractivity contribution in [1.29, 1.82) is 0 Å². The molecule has 1 amide bonds. The lowest BCUT2D eigenvalue weighted by Gasteiger charge is -2.36. The van der Waals surface area contributed by atoms with Gasteiger partial charge >= 0.3 is 0 Å². The molecule has 3 heteroatoms. The van der Waals surface area contributed by atoms with Crippen LogP contribution in [0.2, 0.25) is 0 Å². The van der Waals surface area contributed by atoms with Crippen LogP contribution in [0.3, 0.4) is 0 Å². The molecule has 0 aromatic rings. The number of nitrogens with two attached hydrogens (primary N) is 1. The van der Waals surface area contributed by atoms with E-state index in [2.05, 4.69) is 26.8 Å². The fourth-order valence-corrected chi connectivity index (χ4v) is 2.35. The Hall–Kier alpha value is -0.830. The minimum Gasteiger partial charge on any atom is -0.338 e. The monoisotopic (exact) mass is 224 g/mol. The second-order valence-electron chi connectivity index (χ2n) is 4.76. The first-order chi connectivity index (χ1) is 7.59. The first-order valence-corrected chi connectivity index (χ1v) is 6.24. The highest BCUT2D eigenvalue weighted by molar-refractivity contribution is 5.83. The maximum absolute atomic E-state index is 12.5. The molecule has 3 nitrogen and oxygen atoms in total. The average Bonchev–Trinajstić information content (AvgIpc) is 2.32. The topological polar surface area (TPSA) is 46.3 Å². The summed E-state index contributed by atoms with van der Waals surface area (Å²) in [6.07, 6.45) is 4.85. The molecule has 1 rings (SSSR count). The van der Waals surface area contributed by atoms with Crippen LogP contribution in [-0.2, 0) is 4.79 Å². The summed E-state index contributed by atoms with van der Waals surface area (Å²) in [6.45, 7) is 8.28. The molecule has 0 unspecified atom stereocenters. The molecule has 0 aromatic heterocycles.